The Morgan fingerprint density at radius 2 is 2.18 bits per heavy atom. The quantitative estimate of drug-likeness (QED) is 0.782. The largest absolute Gasteiger partial charge is 0.493 e. The average Bonchev–Trinajstić information content (AvgIpc) is 2.37. The van der Waals surface area contributed by atoms with Crippen molar-refractivity contribution < 1.29 is 14.7 Å². The molecule has 17 heavy (non-hydrogen) atoms. The molecule has 0 saturated heterocycles. The van der Waals surface area contributed by atoms with Crippen molar-refractivity contribution in [1.29, 1.82) is 0 Å². The zero-order chi connectivity index (χ0) is 12.4. The highest BCUT2D eigenvalue weighted by molar-refractivity contribution is 5.98. The summed E-state index contributed by atoms with van der Waals surface area (Å²) < 4.78 is 0. The van der Waals surface area contributed by atoms with Crippen LogP contribution in [-0.2, 0) is 4.84 Å². The van der Waals surface area contributed by atoms with Gasteiger partial charge in [0.05, 0.1) is 18.0 Å². The van der Waals surface area contributed by atoms with Crippen molar-refractivity contribution in [3.8, 4) is 5.88 Å². The second kappa shape index (κ2) is 4.34. The van der Waals surface area contributed by atoms with Crippen LogP contribution in [-0.4, -0.2) is 40.2 Å². The fourth-order valence-electron chi connectivity index (χ4n) is 1.44. The van der Waals surface area contributed by atoms with Gasteiger partial charge in [-0.25, -0.2) is 15.0 Å². The van der Waals surface area contributed by atoms with Crippen LogP contribution in [0.4, 0.5) is 0 Å². The molecule has 6 nitrogen and oxygen atoms in total. The van der Waals surface area contributed by atoms with Gasteiger partial charge in [-0.2, -0.15) is 0 Å². The molecule has 1 heterocycles. The molecule has 0 atom stereocenters. The summed E-state index contributed by atoms with van der Waals surface area (Å²) >= 11 is 0. The van der Waals surface area contributed by atoms with E-state index in [0.29, 0.717) is 16.5 Å². The Morgan fingerprint density at radius 1 is 1.41 bits per heavy atom. The number of hydrogen-bond acceptors (Lipinski definition) is 5. The molecule has 1 aromatic heterocycles. The van der Waals surface area contributed by atoms with Gasteiger partial charge in [0, 0.05) is 12.6 Å². The summed E-state index contributed by atoms with van der Waals surface area (Å²) in [5.74, 6) is -0.456. The van der Waals surface area contributed by atoms with Crippen LogP contribution in [0.25, 0.3) is 10.9 Å². The van der Waals surface area contributed by atoms with E-state index in [9.17, 15) is 9.90 Å². The summed E-state index contributed by atoms with van der Waals surface area (Å²) in [6, 6.07) is 4.79. The van der Waals surface area contributed by atoms with Gasteiger partial charge in [0.2, 0.25) is 5.88 Å². The van der Waals surface area contributed by atoms with E-state index >= 15 is 0 Å². The molecule has 0 bridgehead atoms. The maximum absolute atomic E-state index is 11.8. The number of rotatable bonds is 2. The molecule has 0 saturated carbocycles. The van der Waals surface area contributed by atoms with E-state index in [1.807, 2.05) is 0 Å². The van der Waals surface area contributed by atoms with Crippen LogP contribution in [0.2, 0.25) is 0 Å². The van der Waals surface area contributed by atoms with Gasteiger partial charge in [0.25, 0.3) is 5.91 Å². The topological polar surface area (TPSA) is 75.5 Å². The van der Waals surface area contributed by atoms with Crippen molar-refractivity contribution in [3.63, 3.8) is 0 Å². The Morgan fingerprint density at radius 3 is 2.88 bits per heavy atom. The molecule has 2 aromatic rings. The van der Waals surface area contributed by atoms with Crippen molar-refractivity contribution in [2.75, 3.05) is 14.2 Å². The number of fused-ring (bicyclic) bond motifs is 1. The number of carbonyl (C=O) groups excluding carboxylic acids is 1. The molecule has 0 aliphatic heterocycles. The van der Waals surface area contributed by atoms with Crippen LogP contribution < -0.4 is 0 Å². The summed E-state index contributed by atoms with van der Waals surface area (Å²) in [6.07, 6.45) is 1.26. The van der Waals surface area contributed by atoms with Gasteiger partial charge < -0.3 is 5.11 Å². The molecule has 6 heteroatoms. The molecular weight excluding hydrogens is 222 g/mol. The molecule has 0 aliphatic carbocycles. The Hall–Kier alpha value is -2.21. The number of hydroxylamine groups is 2. The van der Waals surface area contributed by atoms with E-state index in [1.165, 1.54) is 26.6 Å². The number of benzene rings is 1. The van der Waals surface area contributed by atoms with Crippen molar-refractivity contribution in [1.82, 2.24) is 15.0 Å². The second-order valence-corrected chi connectivity index (χ2v) is 3.41. The van der Waals surface area contributed by atoms with Crippen LogP contribution in [0, 0.1) is 0 Å². The van der Waals surface area contributed by atoms with E-state index in [4.69, 9.17) is 4.84 Å². The Balaban J connectivity index is 2.51. The van der Waals surface area contributed by atoms with Crippen LogP contribution >= 0.6 is 0 Å². The number of aromatic hydroxyl groups is 1. The minimum atomic E-state index is -0.308. The third-order valence-electron chi connectivity index (χ3n) is 2.42. The molecule has 0 spiro atoms. The molecule has 0 unspecified atom stereocenters. The predicted octanol–water partition coefficient (Wildman–Crippen LogP) is 0.969. The lowest BCUT2D eigenvalue weighted by molar-refractivity contribution is -0.0756. The van der Waals surface area contributed by atoms with Crippen LogP contribution in [0.3, 0.4) is 0 Å². The van der Waals surface area contributed by atoms with Gasteiger partial charge in [0.1, 0.15) is 6.33 Å². The molecule has 0 fully saturated rings. The van der Waals surface area contributed by atoms with E-state index in [1.54, 1.807) is 12.1 Å². The van der Waals surface area contributed by atoms with Crippen LogP contribution in [0.5, 0.6) is 5.88 Å². The minimum Gasteiger partial charge on any atom is -0.493 e. The summed E-state index contributed by atoms with van der Waals surface area (Å²) in [5.41, 5.74) is 0.973. The first-order chi connectivity index (χ1) is 8.13. The Bertz CT molecular complexity index is 571. The van der Waals surface area contributed by atoms with E-state index in [-0.39, 0.29) is 11.8 Å². The maximum atomic E-state index is 11.8. The highest BCUT2D eigenvalue weighted by Gasteiger charge is 2.13. The number of aromatic nitrogens is 2. The summed E-state index contributed by atoms with van der Waals surface area (Å²) in [7, 11) is 2.91. The van der Waals surface area contributed by atoms with Gasteiger partial charge in [0.15, 0.2) is 0 Å². The molecule has 2 rings (SSSR count). The van der Waals surface area contributed by atoms with Gasteiger partial charge in [-0.3, -0.25) is 9.63 Å². The monoisotopic (exact) mass is 233 g/mol. The van der Waals surface area contributed by atoms with Crippen LogP contribution in [0.1, 0.15) is 10.4 Å². The molecule has 88 valence electrons. The molecule has 1 aromatic carbocycles. The third-order valence-corrected chi connectivity index (χ3v) is 2.42. The van der Waals surface area contributed by atoms with Gasteiger partial charge >= 0.3 is 0 Å². The Kier molecular flexibility index (Phi) is 2.88. The maximum Gasteiger partial charge on any atom is 0.277 e. The highest BCUT2D eigenvalue weighted by atomic mass is 16.7. The smallest absolute Gasteiger partial charge is 0.277 e. The average molecular weight is 233 g/mol. The predicted molar refractivity (Wildman–Crippen MR) is 60.3 cm³/mol. The van der Waals surface area contributed by atoms with Crippen molar-refractivity contribution in [2.45, 2.75) is 0 Å². The standard InChI is InChI=1S/C11H11N3O3/c1-14(17-2)11(16)7-3-4-9-8(5-7)10(15)13-6-12-9/h3-6H,1-2H3,(H,12,13,15). The molecular formula is C11H11N3O3. The second-order valence-electron chi connectivity index (χ2n) is 3.41. The first kappa shape index (κ1) is 11.3. The number of nitrogens with zero attached hydrogens (tertiary/aromatic N) is 3. The van der Waals surface area contributed by atoms with Crippen molar-refractivity contribution in [2.24, 2.45) is 0 Å². The molecule has 1 amide bonds. The number of amides is 1. The summed E-state index contributed by atoms with van der Waals surface area (Å²) in [6.45, 7) is 0. The van der Waals surface area contributed by atoms with E-state index < -0.39 is 0 Å². The van der Waals surface area contributed by atoms with Crippen molar-refractivity contribution in [3.05, 3.63) is 30.1 Å². The lowest BCUT2D eigenvalue weighted by Gasteiger charge is -2.13. The van der Waals surface area contributed by atoms with Gasteiger partial charge in [-0.05, 0) is 18.2 Å². The lowest BCUT2D eigenvalue weighted by Crippen LogP contribution is -2.25. The normalized spacial score (nSPS) is 10.5. The van der Waals surface area contributed by atoms with Gasteiger partial charge in [-0.15, -0.1) is 0 Å². The van der Waals surface area contributed by atoms with Gasteiger partial charge in [-0.1, -0.05) is 0 Å². The summed E-state index contributed by atoms with van der Waals surface area (Å²) in [5, 5.41) is 11.1. The number of hydrogen-bond donors (Lipinski definition) is 1. The zero-order valence-electron chi connectivity index (χ0n) is 9.41. The van der Waals surface area contributed by atoms with E-state index in [2.05, 4.69) is 9.97 Å². The van der Waals surface area contributed by atoms with Crippen molar-refractivity contribution >= 4 is 16.8 Å². The SMILES string of the molecule is CON(C)C(=O)c1ccc2ncnc(O)c2c1. The fraction of sp³-hybridized carbons (Fsp3) is 0.182. The van der Waals surface area contributed by atoms with Crippen LogP contribution in [0.15, 0.2) is 24.5 Å². The molecule has 1 N–H and O–H groups in total. The molecule has 0 aliphatic rings. The lowest BCUT2D eigenvalue weighted by atomic mass is 10.1. The first-order valence-electron chi connectivity index (χ1n) is 4.89. The zero-order valence-corrected chi connectivity index (χ0v) is 9.41. The first-order valence-corrected chi connectivity index (χ1v) is 4.89. The summed E-state index contributed by atoms with van der Waals surface area (Å²) in [4.78, 5) is 24.2. The minimum absolute atomic E-state index is 0.148. The number of carbonyl (C=O) groups is 1. The third kappa shape index (κ3) is 2.02. The Labute approximate surface area is 97.4 Å². The van der Waals surface area contributed by atoms with E-state index in [0.717, 1.165) is 5.06 Å². The fourth-order valence-corrected chi connectivity index (χ4v) is 1.44. The molecule has 0 radical (unpaired) electrons. The highest BCUT2D eigenvalue weighted by Crippen LogP contribution is 2.21.